The van der Waals surface area contributed by atoms with Crippen molar-refractivity contribution >= 4 is 10.0 Å². The minimum absolute atomic E-state index is 0.0789. The summed E-state index contributed by atoms with van der Waals surface area (Å²) in [5.41, 5.74) is 6.62. The van der Waals surface area contributed by atoms with Crippen molar-refractivity contribution in [3.05, 3.63) is 65.7 Å². The quantitative estimate of drug-likeness (QED) is 0.886. The van der Waals surface area contributed by atoms with Crippen LogP contribution in [0.4, 0.5) is 8.78 Å². The minimum atomic E-state index is -4.02. The van der Waals surface area contributed by atoms with E-state index in [1.807, 2.05) is 6.07 Å². The second-order valence-electron chi connectivity index (χ2n) is 4.47. The van der Waals surface area contributed by atoms with Gasteiger partial charge in [-0.15, -0.1) is 0 Å². The van der Waals surface area contributed by atoms with Gasteiger partial charge in [-0.25, -0.2) is 21.9 Å². The molecule has 0 bridgehead atoms. The highest BCUT2D eigenvalue weighted by Gasteiger charge is 2.18. The van der Waals surface area contributed by atoms with E-state index in [0.717, 1.165) is 17.7 Å². The van der Waals surface area contributed by atoms with Gasteiger partial charge in [0.25, 0.3) is 0 Å². The van der Waals surface area contributed by atoms with E-state index in [9.17, 15) is 17.2 Å². The van der Waals surface area contributed by atoms with Gasteiger partial charge in [0.05, 0.1) is 4.90 Å². The van der Waals surface area contributed by atoms with Crippen LogP contribution in [-0.4, -0.2) is 15.0 Å². The first-order valence-electron chi connectivity index (χ1n) is 6.15. The zero-order valence-electron chi connectivity index (χ0n) is 11.0. The average molecular weight is 312 g/mol. The normalized spacial score (nSPS) is 13.1. The second-order valence-corrected chi connectivity index (χ2v) is 6.24. The molecule has 112 valence electrons. The van der Waals surface area contributed by atoms with Gasteiger partial charge in [-0.2, -0.15) is 0 Å². The molecule has 0 saturated carbocycles. The lowest BCUT2D eigenvalue weighted by molar-refractivity contribution is 0.557. The zero-order chi connectivity index (χ0) is 15.5. The summed E-state index contributed by atoms with van der Waals surface area (Å²) >= 11 is 0. The van der Waals surface area contributed by atoms with Gasteiger partial charge in [-0.05, 0) is 17.7 Å². The summed E-state index contributed by atoms with van der Waals surface area (Å²) in [6, 6.07) is 10.5. The molecule has 0 amide bonds. The molecule has 0 aliphatic rings. The SMILES string of the molecule is NC(CNS(=O)(=O)c1cc(F)cc(F)c1)c1ccccc1. The first kappa shape index (κ1) is 15.6. The fraction of sp³-hybridized carbons (Fsp3) is 0.143. The number of halogens is 2. The Morgan fingerprint density at radius 1 is 1.05 bits per heavy atom. The molecule has 0 aliphatic carbocycles. The molecule has 7 heteroatoms. The van der Waals surface area contributed by atoms with Gasteiger partial charge in [0.15, 0.2) is 0 Å². The molecule has 2 aromatic rings. The van der Waals surface area contributed by atoms with Crippen LogP contribution in [0.5, 0.6) is 0 Å². The van der Waals surface area contributed by atoms with Crippen molar-refractivity contribution in [2.75, 3.05) is 6.54 Å². The fourth-order valence-corrected chi connectivity index (χ4v) is 2.89. The van der Waals surface area contributed by atoms with Crippen molar-refractivity contribution in [3.63, 3.8) is 0 Å². The van der Waals surface area contributed by atoms with Gasteiger partial charge in [0.1, 0.15) is 11.6 Å². The largest absolute Gasteiger partial charge is 0.323 e. The fourth-order valence-electron chi connectivity index (χ4n) is 1.78. The van der Waals surface area contributed by atoms with Crippen LogP contribution in [0.2, 0.25) is 0 Å². The number of benzene rings is 2. The van der Waals surface area contributed by atoms with Gasteiger partial charge >= 0.3 is 0 Å². The first-order chi connectivity index (χ1) is 9.88. The maximum Gasteiger partial charge on any atom is 0.240 e. The van der Waals surface area contributed by atoms with Crippen LogP contribution in [-0.2, 0) is 10.0 Å². The summed E-state index contributed by atoms with van der Waals surface area (Å²) in [5, 5.41) is 0. The van der Waals surface area contributed by atoms with E-state index in [-0.39, 0.29) is 6.54 Å². The molecule has 0 heterocycles. The molecule has 0 aliphatic heterocycles. The molecule has 21 heavy (non-hydrogen) atoms. The highest BCUT2D eigenvalue weighted by Crippen LogP contribution is 2.14. The molecule has 3 N–H and O–H groups in total. The Morgan fingerprint density at radius 3 is 2.19 bits per heavy atom. The highest BCUT2D eigenvalue weighted by molar-refractivity contribution is 7.89. The van der Waals surface area contributed by atoms with E-state index >= 15 is 0 Å². The minimum Gasteiger partial charge on any atom is -0.323 e. The van der Waals surface area contributed by atoms with E-state index in [2.05, 4.69) is 4.72 Å². The van der Waals surface area contributed by atoms with Crippen LogP contribution in [0.25, 0.3) is 0 Å². The number of sulfonamides is 1. The monoisotopic (exact) mass is 312 g/mol. The maximum atomic E-state index is 13.1. The van der Waals surface area contributed by atoms with E-state index in [4.69, 9.17) is 5.73 Å². The van der Waals surface area contributed by atoms with Crippen LogP contribution in [0.3, 0.4) is 0 Å². The third-order valence-corrected chi connectivity index (χ3v) is 4.27. The number of rotatable bonds is 5. The van der Waals surface area contributed by atoms with E-state index in [1.165, 1.54) is 0 Å². The lowest BCUT2D eigenvalue weighted by atomic mass is 10.1. The van der Waals surface area contributed by atoms with Crippen LogP contribution in [0.15, 0.2) is 53.4 Å². The average Bonchev–Trinajstić information content (AvgIpc) is 2.45. The van der Waals surface area contributed by atoms with Crippen molar-refractivity contribution < 1.29 is 17.2 Å². The molecular formula is C14H14F2N2O2S. The molecule has 2 aromatic carbocycles. The van der Waals surface area contributed by atoms with Crippen molar-refractivity contribution in [2.24, 2.45) is 5.73 Å². The summed E-state index contributed by atoms with van der Waals surface area (Å²) in [4.78, 5) is -0.472. The standard InChI is InChI=1S/C14H14F2N2O2S/c15-11-6-12(16)8-13(7-11)21(19,20)18-9-14(17)10-4-2-1-3-5-10/h1-8,14,18H,9,17H2. The van der Waals surface area contributed by atoms with Gasteiger partial charge < -0.3 is 5.73 Å². The third-order valence-electron chi connectivity index (χ3n) is 2.87. The molecule has 4 nitrogen and oxygen atoms in total. The van der Waals surface area contributed by atoms with E-state index in [1.54, 1.807) is 24.3 Å². The van der Waals surface area contributed by atoms with Gasteiger partial charge in [0.2, 0.25) is 10.0 Å². The van der Waals surface area contributed by atoms with Crippen LogP contribution < -0.4 is 10.5 Å². The van der Waals surface area contributed by atoms with Crippen LogP contribution in [0.1, 0.15) is 11.6 Å². The molecule has 0 saturated heterocycles. The van der Waals surface area contributed by atoms with E-state index < -0.39 is 32.6 Å². The molecular weight excluding hydrogens is 298 g/mol. The molecule has 0 fully saturated rings. The summed E-state index contributed by atoms with van der Waals surface area (Å²) in [6.45, 7) is -0.0789. The molecule has 1 atom stereocenters. The molecule has 0 spiro atoms. The highest BCUT2D eigenvalue weighted by atomic mass is 32.2. The van der Waals surface area contributed by atoms with Gasteiger partial charge in [0, 0.05) is 18.7 Å². The number of nitrogens with two attached hydrogens (primary N) is 1. The third kappa shape index (κ3) is 4.07. The summed E-state index contributed by atoms with van der Waals surface area (Å²) in [7, 11) is -4.02. The lowest BCUT2D eigenvalue weighted by Gasteiger charge is -2.13. The summed E-state index contributed by atoms with van der Waals surface area (Å²) < 4.78 is 52.3. The maximum absolute atomic E-state index is 13.1. The van der Waals surface area contributed by atoms with Gasteiger partial charge in [-0.3, -0.25) is 0 Å². The Morgan fingerprint density at radius 2 is 1.62 bits per heavy atom. The Bertz CT molecular complexity index is 701. The lowest BCUT2D eigenvalue weighted by Crippen LogP contribution is -2.32. The Hall–Kier alpha value is -1.83. The van der Waals surface area contributed by atoms with Gasteiger partial charge in [-0.1, -0.05) is 30.3 Å². The topological polar surface area (TPSA) is 72.2 Å². The zero-order valence-corrected chi connectivity index (χ0v) is 11.8. The first-order valence-corrected chi connectivity index (χ1v) is 7.63. The summed E-state index contributed by atoms with van der Waals surface area (Å²) in [6.07, 6.45) is 0. The number of nitrogens with one attached hydrogen (secondary N) is 1. The Labute approximate surface area is 121 Å². The van der Waals surface area contributed by atoms with Crippen LogP contribution in [0, 0.1) is 11.6 Å². The van der Waals surface area contributed by atoms with Crippen LogP contribution >= 0.6 is 0 Å². The predicted molar refractivity (Wildman–Crippen MR) is 74.9 cm³/mol. The van der Waals surface area contributed by atoms with Crippen molar-refractivity contribution in [2.45, 2.75) is 10.9 Å². The molecule has 1 unspecified atom stereocenters. The number of hydrogen-bond donors (Lipinski definition) is 2. The predicted octanol–water partition coefficient (Wildman–Crippen LogP) is 1.94. The summed E-state index contributed by atoms with van der Waals surface area (Å²) in [5.74, 6) is -1.91. The number of hydrogen-bond acceptors (Lipinski definition) is 3. The van der Waals surface area contributed by atoms with Crippen molar-refractivity contribution in [1.29, 1.82) is 0 Å². The molecule has 0 aromatic heterocycles. The van der Waals surface area contributed by atoms with E-state index in [0.29, 0.717) is 6.07 Å². The smallest absolute Gasteiger partial charge is 0.240 e. The Kier molecular flexibility index (Phi) is 4.66. The Balaban J connectivity index is 2.11. The van der Waals surface area contributed by atoms with Crippen molar-refractivity contribution in [1.82, 2.24) is 4.72 Å². The molecule has 0 radical (unpaired) electrons. The molecule has 2 rings (SSSR count). The second kappa shape index (κ2) is 6.30. The van der Waals surface area contributed by atoms with Crippen molar-refractivity contribution in [3.8, 4) is 0 Å².